The predicted molar refractivity (Wildman–Crippen MR) is 38.8 cm³/mol. The van der Waals surface area contributed by atoms with Gasteiger partial charge < -0.3 is 14.9 Å². The van der Waals surface area contributed by atoms with Gasteiger partial charge in [-0.25, -0.2) is 0 Å². The smallest absolute Gasteiger partial charge is 0.320 e. The van der Waals surface area contributed by atoms with Crippen molar-refractivity contribution >= 4 is 5.97 Å². The molecule has 0 aromatic heterocycles. The number of hydrogen-bond donors (Lipinski definition) is 2. The van der Waals surface area contributed by atoms with Crippen LogP contribution in [0, 0.1) is 5.41 Å². The van der Waals surface area contributed by atoms with Crippen molar-refractivity contribution in [3.8, 4) is 0 Å². The zero-order chi connectivity index (χ0) is 8.91. The molecule has 11 heavy (non-hydrogen) atoms. The van der Waals surface area contributed by atoms with Gasteiger partial charge in [0.2, 0.25) is 0 Å². The second kappa shape index (κ2) is 4.10. The van der Waals surface area contributed by atoms with E-state index in [1.807, 2.05) is 0 Å². The maximum Gasteiger partial charge on any atom is 0.320 e. The average molecular weight is 160 g/mol. The molecule has 0 amide bonds. The van der Waals surface area contributed by atoms with Crippen LogP contribution in [-0.4, -0.2) is 36.5 Å². The van der Waals surface area contributed by atoms with E-state index in [4.69, 9.17) is 10.2 Å². The van der Waals surface area contributed by atoms with E-state index >= 15 is 0 Å². The summed E-state index contributed by atoms with van der Waals surface area (Å²) < 4.78 is 4.36. The molecule has 0 saturated carbocycles. The van der Waals surface area contributed by atoms with E-state index in [-0.39, 0.29) is 0 Å². The SMILES string of the molecule is C=CC(CO)(CO)C(=O)OC. The summed E-state index contributed by atoms with van der Waals surface area (Å²) in [6, 6.07) is 0. The molecule has 0 fully saturated rings. The third-order valence-electron chi connectivity index (χ3n) is 1.55. The highest BCUT2D eigenvalue weighted by Crippen LogP contribution is 2.18. The summed E-state index contributed by atoms with van der Waals surface area (Å²) >= 11 is 0. The molecule has 0 bridgehead atoms. The first-order chi connectivity index (χ1) is 5.16. The highest BCUT2D eigenvalue weighted by Gasteiger charge is 2.35. The largest absolute Gasteiger partial charge is 0.468 e. The molecule has 0 unspecified atom stereocenters. The Kier molecular flexibility index (Phi) is 3.78. The van der Waals surface area contributed by atoms with Gasteiger partial charge in [0.05, 0.1) is 20.3 Å². The van der Waals surface area contributed by atoms with E-state index in [0.29, 0.717) is 0 Å². The molecule has 64 valence electrons. The third-order valence-corrected chi connectivity index (χ3v) is 1.55. The van der Waals surface area contributed by atoms with Gasteiger partial charge in [0, 0.05) is 0 Å². The maximum atomic E-state index is 10.9. The highest BCUT2D eigenvalue weighted by molar-refractivity contribution is 5.79. The Hall–Kier alpha value is -0.870. The molecule has 0 aliphatic rings. The van der Waals surface area contributed by atoms with Crippen LogP contribution in [0.1, 0.15) is 0 Å². The molecule has 0 spiro atoms. The Balaban J connectivity index is 4.53. The molecule has 0 aliphatic carbocycles. The lowest BCUT2D eigenvalue weighted by Crippen LogP contribution is -2.37. The van der Waals surface area contributed by atoms with E-state index in [9.17, 15) is 4.79 Å². The third kappa shape index (κ3) is 1.78. The minimum Gasteiger partial charge on any atom is -0.468 e. The molecule has 4 heteroatoms. The average Bonchev–Trinajstić information content (AvgIpc) is 2.08. The zero-order valence-corrected chi connectivity index (χ0v) is 6.41. The van der Waals surface area contributed by atoms with Crippen LogP contribution in [0.2, 0.25) is 0 Å². The van der Waals surface area contributed by atoms with Crippen LogP contribution in [0.5, 0.6) is 0 Å². The Labute approximate surface area is 65.1 Å². The lowest BCUT2D eigenvalue weighted by molar-refractivity contribution is -0.154. The van der Waals surface area contributed by atoms with E-state index in [1.54, 1.807) is 0 Å². The molecular weight excluding hydrogens is 148 g/mol. The number of aliphatic hydroxyl groups excluding tert-OH is 2. The second-order valence-electron chi connectivity index (χ2n) is 2.17. The summed E-state index contributed by atoms with van der Waals surface area (Å²) in [5, 5.41) is 17.5. The molecule has 0 aromatic rings. The van der Waals surface area contributed by atoms with Gasteiger partial charge in [-0.3, -0.25) is 4.79 Å². The first-order valence-corrected chi connectivity index (χ1v) is 3.10. The van der Waals surface area contributed by atoms with Crippen molar-refractivity contribution in [1.29, 1.82) is 0 Å². The van der Waals surface area contributed by atoms with Gasteiger partial charge in [0.25, 0.3) is 0 Å². The summed E-state index contributed by atoms with van der Waals surface area (Å²) in [6.07, 6.45) is 1.18. The number of rotatable bonds is 4. The fraction of sp³-hybridized carbons (Fsp3) is 0.571. The molecule has 0 rings (SSSR count). The van der Waals surface area contributed by atoms with E-state index in [1.165, 1.54) is 13.2 Å². The molecule has 2 N–H and O–H groups in total. The van der Waals surface area contributed by atoms with Crippen LogP contribution < -0.4 is 0 Å². The summed E-state index contributed by atoms with van der Waals surface area (Å²) in [7, 11) is 1.19. The molecule has 0 radical (unpaired) electrons. The number of esters is 1. The van der Waals surface area contributed by atoms with Crippen molar-refractivity contribution in [2.75, 3.05) is 20.3 Å². The fourth-order valence-electron chi connectivity index (χ4n) is 0.595. The summed E-state index contributed by atoms with van der Waals surface area (Å²) in [4.78, 5) is 10.9. The first kappa shape index (κ1) is 10.1. The Bertz CT molecular complexity index is 149. The summed E-state index contributed by atoms with van der Waals surface area (Å²) in [5.74, 6) is -0.683. The van der Waals surface area contributed by atoms with Gasteiger partial charge in [-0.1, -0.05) is 6.08 Å². The molecule has 0 aliphatic heterocycles. The first-order valence-electron chi connectivity index (χ1n) is 3.10. The van der Waals surface area contributed by atoms with Crippen LogP contribution in [0.3, 0.4) is 0 Å². The molecule has 0 atom stereocenters. The summed E-state index contributed by atoms with van der Waals surface area (Å²) in [6.45, 7) is 2.32. The number of carbonyl (C=O) groups excluding carboxylic acids is 1. The fourth-order valence-corrected chi connectivity index (χ4v) is 0.595. The monoisotopic (exact) mass is 160 g/mol. The van der Waals surface area contributed by atoms with Crippen molar-refractivity contribution in [3.05, 3.63) is 12.7 Å². The minimum absolute atomic E-state index is 0.500. The molecule has 4 nitrogen and oxygen atoms in total. The lowest BCUT2D eigenvalue weighted by atomic mass is 9.91. The second-order valence-corrected chi connectivity index (χ2v) is 2.17. The van der Waals surface area contributed by atoms with Crippen molar-refractivity contribution in [2.24, 2.45) is 5.41 Å². The van der Waals surface area contributed by atoms with Gasteiger partial charge in [-0.2, -0.15) is 0 Å². The van der Waals surface area contributed by atoms with E-state index in [2.05, 4.69) is 11.3 Å². The summed E-state index contributed by atoms with van der Waals surface area (Å²) in [5.41, 5.74) is -1.35. The van der Waals surface area contributed by atoms with Crippen LogP contribution in [0.4, 0.5) is 0 Å². The Morgan fingerprint density at radius 2 is 2.09 bits per heavy atom. The Morgan fingerprint density at radius 1 is 1.64 bits per heavy atom. The van der Waals surface area contributed by atoms with Crippen LogP contribution in [-0.2, 0) is 9.53 Å². The van der Waals surface area contributed by atoms with Gasteiger partial charge in [-0.15, -0.1) is 6.58 Å². The lowest BCUT2D eigenvalue weighted by Gasteiger charge is -2.21. The van der Waals surface area contributed by atoms with Gasteiger partial charge in [0.1, 0.15) is 5.41 Å². The van der Waals surface area contributed by atoms with Crippen LogP contribution >= 0.6 is 0 Å². The van der Waals surface area contributed by atoms with Gasteiger partial charge in [-0.05, 0) is 0 Å². The number of aliphatic hydroxyl groups is 2. The topological polar surface area (TPSA) is 66.8 Å². The van der Waals surface area contributed by atoms with Crippen molar-refractivity contribution in [2.45, 2.75) is 0 Å². The molecular formula is C7H12O4. The molecule has 0 heterocycles. The van der Waals surface area contributed by atoms with Gasteiger partial charge in [0.15, 0.2) is 0 Å². The highest BCUT2D eigenvalue weighted by atomic mass is 16.5. The minimum atomic E-state index is -1.35. The molecule has 0 saturated heterocycles. The molecule has 0 aromatic carbocycles. The zero-order valence-electron chi connectivity index (χ0n) is 6.41. The number of carbonyl (C=O) groups is 1. The number of hydrogen-bond acceptors (Lipinski definition) is 4. The van der Waals surface area contributed by atoms with E-state index < -0.39 is 24.6 Å². The van der Waals surface area contributed by atoms with Crippen molar-refractivity contribution < 1.29 is 19.7 Å². The van der Waals surface area contributed by atoms with Crippen molar-refractivity contribution in [1.82, 2.24) is 0 Å². The standard InChI is InChI=1S/C7H12O4/c1-3-7(4-8,5-9)6(10)11-2/h3,8-9H,1,4-5H2,2H3. The number of ether oxygens (including phenoxy) is 1. The normalized spacial score (nSPS) is 10.8. The Morgan fingerprint density at radius 3 is 2.18 bits per heavy atom. The van der Waals surface area contributed by atoms with Crippen LogP contribution in [0.25, 0.3) is 0 Å². The van der Waals surface area contributed by atoms with Crippen molar-refractivity contribution in [3.63, 3.8) is 0 Å². The van der Waals surface area contributed by atoms with Crippen LogP contribution in [0.15, 0.2) is 12.7 Å². The van der Waals surface area contributed by atoms with E-state index in [0.717, 1.165) is 0 Å². The number of methoxy groups -OCH3 is 1. The predicted octanol–water partition coefficient (Wildman–Crippen LogP) is -0.684. The maximum absolute atomic E-state index is 10.9. The quantitative estimate of drug-likeness (QED) is 0.422. The van der Waals surface area contributed by atoms with Gasteiger partial charge >= 0.3 is 5.97 Å².